The summed E-state index contributed by atoms with van der Waals surface area (Å²) < 4.78 is 1.79. The standard InChI is InChI=1S/C14H14N2O2/c17-13(18)14(6-7-14)10-11-2-4-12(5-3-11)16-9-1-8-15-16/h1-5,8-9H,6-7,10H2,(H,17,18). The van der Waals surface area contributed by atoms with E-state index in [-0.39, 0.29) is 0 Å². The highest BCUT2D eigenvalue weighted by molar-refractivity contribution is 5.78. The topological polar surface area (TPSA) is 55.1 Å². The molecule has 1 saturated carbocycles. The summed E-state index contributed by atoms with van der Waals surface area (Å²) >= 11 is 0. The highest BCUT2D eigenvalue weighted by Gasteiger charge is 2.49. The predicted molar refractivity (Wildman–Crippen MR) is 66.6 cm³/mol. The molecule has 0 spiro atoms. The van der Waals surface area contributed by atoms with Gasteiger partial charge in [0.2, 0.25) is 0 Å². The van der Waals surface area contributed by atoms with Gasteiger partial charge >= 0.3 is 5.97 Å². The van der Waals surface area contributed by atoms with Gasteiger partial charge in [0.1, 0.15) is 0 Å². The third-order valence-electron chi connectivity index (χ3n) is 3.56. The van der Waals surface area contributed by atoms with E-state index >= 15 is 0 Å². The molecular weight excluding hydrogens is 228 g/mol. The average Bonchev–Trinajstić information content (AvgIpc) is 2.95. The van der Waals surface area contributed by atoms with E-state index < -0.39 is 11.4 Å². The smallest absolute Gasteiger partial charge is 0.309 e. The summed E-state index contributed by atoms with van der Waals surface area (Å²) in [5.41, 5.74) is 1.57. The van der Waals surface area contributed by atoms with Gasteiger partial charge in [0.25, 0.3) is 0 Å². The Balaban J connectivity index is 1.78. The molecule has 18 heavy (non-hydrogen) atoms. The Morgan fingerprint density at radius 1 is 1.33 bits per heavy atom. The first-order valence-corrected chi connectivity index (χ1v) is 6.02. The van der Waals surface area contributed by atoms with Crippen LogP contribution in [0, 0.1) is 5.41 Å². The Morgan fingerprint density at radius 3 is 2.56 bits per heavy atom. The number of aromatic nitrogens is 2. The number of carbonyl (C=O) groups is 1. The molecule has 0 radical (unpaired) electrons. The first-order valence-electron chi connectivity index (χ1n) is 6.02. The van der Waals surface area contributed by atoms with Crippen LogP contribution in [0.15, 0.2) is 42.7 Å². The van der Waals surface area contributed by atoms with Crippen LogP contribution < -0.4 is 0 Å². The fourth-order valence-electron chi connectivity index (χ4n) is 2.20. The molecule has 0 saturated heterocycles. The number of nitrogens with zero attached hydrogens (tertiary/aromatic N) is 2. The molecule has 1 heterocycles. The SMILES string of the molecule is O=C(O)C1(Cc2ccc(-n3cccn3)cc2)CC1. The van der Waals surface area contributed by atoms with E-state index in [0.29, 0.717) is 6.42 Å². The summed E-state index contributed by atoms with van der Waals surface area (Å²) in [4.78, 5) is 11.1. The summed E-state index contributed by atoms with van der Waals surface area (Å²) in [6, 6.07) is 9.79. The maximum absolute atomic E-state index is 11.1. The van der Waals surface area contributed by atoms with E-state index in [1.807, 2.05) is 36.5 Å². The van der Waals surface area contributed by atoms with E-state index in [1.165, 1.54) is 0 Å². The number of carboxylic acids is 1. The lowest BCUT2D eigenvalue weighted by Crippen LogP contribution is -2.17. The fraction of sp³-hybridized carbons (Fsp3) is 0.286. The minimum Gasteiger partial charge on any atom is -0.481 e. The van der Waals surface area contributed by atoms with Gasteiger partial charge < -0.3 is 5.11 Å². The number of aliphatic carboxylic acids is 1. The molecule has 1 fully saturated rings. The van der Waals surface area contributed by atoms with Crippen molar-refractivity contribution in [3.05, 3.63) is 48.3 Å². The summed E-state index contributed by atoms with van der Waals surface area (Å²) in [6.45, 7) is 0. The first-order chi connectivity index (χ1) is 8.70. The van der Waals surface area contributed by atoms with Crippen LogP contribution in [0.4, 0.5) is 0 Å². The molecule has 3 rings (SSSR count). The molecule has 92 valence electrons. The molecule has 4 heteroatoms. The normalized spacial score (nSPS) is 16.4. The van der Waals surface area contributed by atoms with Crippen molar-refractivity contribution in [3.63, 3.8) is 0 Å². The largest absolute Gasteiger partial charge is 0.481 e. The fourth-order valence-corrected chi connectivity index (χ4v) is 2.20. The molecule has 1 N–H and O–H groups in total. The van der Waals surface area contributed by atoms with Crippen molar-refractivity contribution in [2.24, 2.45) is 5.41 Å². The van der Waals surface area contributed by atoms with E-state index in [0.717, 1.165) is 24.1 Å². The van der Waals surface area contributed by atoms with Crippen molar-refractivity contribution in [3.8, 4) is 5.69 Å². The van der Waals surface area contributed by atoms with E-state index in [2.05, 4.69) is 5.10 Å². The summed E-state index contributed by atoms with van der Waals surface area (Å²) in [6.07, 6.45) is 5.83. The van der Waals surface area contributed by atoms with E-state index in [1.54, 1.807) is 10.9 Å². The second-order valence-electron chi connectivity index (χ2n) is 4.88. The third kappa shape index (κ3) is 1.90. The minimum atomic E-state index is -0.668. The van der Waals surface area contributed by atoms with Crippen molar-refractivity contribution in [2.75, 3.05) is 0 Å². The lowest BCUT2D eigenvalue weighted by atomic mass is 9.96. The lowest BCUT2D eigenvalue weighted by Gasteiger charge is -2.10. The Kier molecular flexibility index (Phi) is 2.44. The third-order valence-corrected chi connectivity index (χ3v) is 3.56. The van der Waals surface area contributed by atoms with Gasteiger partial charge in [-0.1, -0.05) is 12.1 Å². The molecule has 0 atom stereocenters. The molecule has 1 aromatic heterocycles. The van der Waals surface area contributed by atoms with Crippen LogP contribution >= 0.6 is 0 Å². The van der Waals surface area contributed by atoms with Crippen LogP contribution in [0.1, 0.15) is 18.4 Å². The molecule has 4 nitrogen and oxygen atoms in total. The number of hydrogen-bond donors (Lipinski definition) is 1. The number of rotatable bonds is 4. The van der Waals surface area contributed by atoms with E-state index in [9.17, 15) is 4.79 Å². The maximum Gasteiger partial charge on any atom is 0.309 e. The van der Waals surface area contributed by atoms with Gasteiger partial charge in [0, 0.05) is 12.4 Å². The van der Waals surface area contributed by atoms with Crippen molar-refractivity contribution in [2.45, 2.75) is 19.3 Å². The molecule has 1 aromatic carbocycles. The molecule has 0 amide bonds. The zero-order valence-electron chi connectivity index (χ0n) is 9.91. The van der Waals surface area contributed by atoms with Crippen LogP contribution in [0.25, 0.3) is 5.69 Å². The molecule has 1 aliphatic carbocycles. The van der Waals surface area contributed by atoms with Crippen molar-refractivity contribution in [1.82, 2.24) is 9.78 Å². The van der Waals surface area contributed by atoms with Gasteiger partial charge in [-0.2, -0.15) is 5.10 Å². The Hall–Kier alpha value is -2.10. The monoisotopic (exact) mass is 242 g/mol. The Morgan fingerprint density at radius 2 is 2.06 bits per heavy atom. The van der Waals surface area contributed by atoms with Gasteiger partial charge in [-0.3, -0.25) is 4.79 Å². The van der Waals surface area contributed by atoms with Gasteiger partial charge in [0.15, 0.2) is 0 Å². The molecular formula is C14H14N2O2. The first kappa shape index (κ1) is 11.0. The maximum atomic E-state index is 11.1. The molecule has 2 aromatic rings. The van der Waals surface area contributed by atoms with Crippen LogP contribution in [-0.4, -0.2) is 20.9 Å². The highest BCUT2D eigenvalue weighted by atomic mass is 16.4. The molecule has 0 aliphatic heterocycles. The minimum absolute atomic E-state index is 0.493. The van der Waals surface area contributed by atoms with Crippen molar-refractivity contribution >= 4 is 5.97 Å². The Labute approximate surface area is 105 Å². The molecule has 0 bridgehead atoms. The van der Waals surface area contributed by atoms with E-state index in [4.69, 9.17) is 5.11 Å². The number of carboxylic acid groups (broad SMARTS) is 1. The highest BCUT2D eigenvalue weighted by Crippen LogP contribution is 2.48. The summed E-state index contributed by atoms with van der Waals surface area (Å²) in [7, 11) is 0. The Bertz CT molecular complexity index is 554. The summed E-state index contributed by atoms with van der Waals surface area (Å²) in [5, 5.41) is 13.3. The molecule has 0 unspecified atom stereocenters. The van der Waals surface area contributed by atoms with Gasteiger partial charge in [-0.25, -0.2) is 4.68 Å². The van der Waals surface area contributed by atoms with Crippen LogP contribution in [0.5, 0.6) is 0 Å². The number of hydrogen-bond acceptors (Lipinski definition) is 2. The quantitative estimate of drug-likeness (QED) is 0.894. The van der Waals surface area contributed by atoms with Gasteiger partial charge in [-0.05, 0) is 43.0 Å². The molecule has 1 aliphatic rings. The average molecular weight is 242 g/mol. The predicted octanol–water partition coefficient (Wildman–Crippen LogP) is 2.28. The van der Waals surface area contributed by atoms with Gasteiger partial charge in [-0.15, -0.1) is 0 Å². The second-order valence-corrected chi connectivity index (χ2v) is 4.88. The van der Waals surface area contributed by atoms with Crippen molar-refractivity contribution in [1.29, 1.82) is 0 Å². The number of benzene rings is 1. The lowest BCUT2D eigenvalue weighted by molar-refractivity contribution is -0.143. The van der Waals surface area contributed by atoms with Crippen LogP contribution in [0.2, 0.25) is 0 Å². The zero-order valence-corrected chi connectivity index (χ0v) is 9.91. The zero-order chi connectivity index (χ0) is 12.6. The van der Waals surface area contributed by atoms with Gasteiger partial charge in [0.05, 0.1) is 11.1 Å². The second kappa shape index (κ2) is 3.98. The summed E-state index contributed by atoms with van der Waals surface area (Å²) in [5.74, 6) is -0.668. The van der Waals surface area contributed by atoms with Crippen LogP contribution in [-0.2, 0) is 11.2 Å². The van der Waals surface area contributed by atoms with Crippen molar-refractivity contribution < 1.29 is 9.90 Å². The van der Waals surface area contributed by atoms with Crippen LogP contribution in [0.3, 0.4) is 0 Å².